The molecular formula is C14H15ClN2OS. The third kappa shape index (κ3) is 3.78. The van der Waals surface area contributed by atoms with E-state index in [0.717, 1.165) is 27.6 Å². The summed E-state index contributed by atoms with van der Waals surface area (Å²) in [6.07, 6.45) is 0.784. The summed E-state index contributed by atoms with van der Waals surface area (Å²) in [5.74, 6) is -0.102. The molecule has 0 radical (unpaired) electrons. The number of hydrogen-bond acceptors (Lipinski definition) is 3. The molecule has 0 spiro atoms. The lowest BCUT2D eigenvalue weighted by Gasteiger charge is -2.03. The number of amides is 1. The van der Waals surface area contributed by atoms with Gasteiger partial charge < -0.3 is 5.32 Å². The molecule has 19 heavy (non-hydrogen) atoms. The third-order valence-corrected chi connectivity index (χ3v) is 4.16. The van der Waals surface area contributed by atoms with E-state index in [9.17, 15) is 4.79 Å². The molecule has 0 atom stereocenters. The Morgan fingerprint density at radius 3 is 2.58 bits per heavy atom. The van der Waals surface area contributed by atoms with E-state index in [-0.39, 0.29) is 5.91 Å². The van der Waals surface area contributed by atoms with Gasteiger partial charge in [0.15, 0.2) is 5.01 Å². The van der Waals surface area contributed by atoms with Gasteiger partial charge in [-0.15, -0.1) is 11.3 Å². The van der Waals surface area contributed by atoms with Gasteiger partial charge in [-0.25, -0.2) is 4.98 Å². The number of nitrogens with zero attached hydrogens (tertiary/aromatic N) is 1. The number of thiazole rings is 1. The number of aromatic nitrogens is 1. The molecule has 1 amide bonds. The Balaban J connectivity index is 1.85. The second-order valence-corrected chi connectivity index (χ2v) is 5.93. The van der Waals surface area contributed by atoms with Crippen LogP contribution in [-0.4, -0.2) is 17.4 Å². The molecule has 100 valence electrons. The van der Waals surface area contributed by atoms with Crippen molar-refractivity contribution in [2.45, 2.75) is 20.3 Å². The number of carbonyl (C=O) groups is 1. The monoisotopic (exact) mass is 294 g/mol. The average Bonchev–Trinajstić information content (AvgIpc) is 2.72. The van der Waals surface area contributed by atoms with Crippen molar-refractivity contribution in [1.82, 2.24) is 10.3 Å². The van der Waals surface area contributed by atoms with Gasteiger partial charge in [0.1, 0.15) is 0 Å². The van der Waals surface area contributed by atoms with Crippen molar-refractivity contribution < 1.29 is 4.79 Å². The largest absolute Gasteiger partial charge is 0.350 e. The van der Waals surface area contributed by atoms with Gasteiger partial charge in [0.05, 0.1) is 5.69 Å². The first-order valence-electron chi connectivity index (χ1n) is 6.03. The number of benzene rings is 1. The van der Waals surface area contributed by atoms with Crippen LogP contribution < -0.4 is 5.32 Å². The van der Waals surface area contributed by atoms with Crippen molar-refractivity contribution in [1.29, 1.82) is 0 Å². The first kappa shape index (κ1) is 14.0. The van der Waals surface area contributed by atoms with E-state index >= 15 is 0 Å². The van der Waals surface area contributed by atoms with Crippen molar-refractivity contribution >= 4 is 28.8 Å². The van der Waals surface area contributed by atoms with E-state index < -0.39 is 0 Å². The van der Waals surface area contributed by atoms with Crippen LogP contribution in [-0.2, 0) is 6.42 Å². The second kappa shape index (κ2) is 6.17. The van der Waals surface area contributed by atoms with Gasteiger partial charge in [-0.1, -0.05) is 23.7 Å². The van der Waals surface area contributed by atoms with Crippen LogP contribution in [0.25, 0.3) is 0 Å². The molecule has 1 aromatic heterocycles. The van der Waals surface area contributed by atoms with Crippen LogP contribution in [0.1, 0.15) is 25.9 Å². The Labute approximate surface area is 121 Å². The smallest absolute Gasteiger partial charge is 0.280 e. The normalized spacial score (nSPS) is 10.5. The zero-order chi connectivity index (χ0) is 13.8. The maximum Gasteiger partial charge on any atom is 0.280 e. The standard InChI is InChI=1S/C14H15ClN2OS/c1-9-10(2)19-14(17-9)13(18)16-8-7-11-3-5-12(15)6-4-11/h3-6H,7-8H2,1-2H3,(H,16,18). The fraction of sp³-hybridized carbons (Fsp3) is 0.286. The zero-order valence-electron chi connectivity index (χ0n) is 10.9. The van der Waals surface area contributed by atoms with Gasteiger partial charge in [0.25, 0.3) is 5.91 Å². The molecule has 0 fully saturated rings. The molecule has 0 unspecified atom stereocenters. The predicted octanol–water partition coefficient (Wildman–Crippen LogP) is 3.39. The number of hydrogen-bond donors (Lipinski definition) is 1. The van der Waals surface area contributed by atoms with Gasteiger partial charge in [-0.3, -0.25) is 4.79 Å². The maximum atomic E-state index is 11.9. The van der Waals surface area contributed by atoms with Crippen LogP contribution in [0.4, 0.5) is 0 Å². The molecule has 5 heteroatoms. The maximum absolute atomic E-state index is 11.9. The predicted molar refractivity (Wildman–Crippen MR) is 79.1 cm³/mol. The van der Waals surface area contributed by atoms with Crippen LogP contribution in [0, 0.1) is 13.8 Å². The van der Waals surface area contributed by atoms with E-state index in [2.05, 4.69) is 10.3 Å². The van der Waals surface area contributed by atoms with E-state index in [1.54, 1.807) is 0 Å². The molecule has 0 aliphatic carbocycles. The molecule has 2 aromatic rings. The minimum Gasteiger partial charge on any atom is -0.350 e. The Hall–Kier alpha value is -1.39. The van der Waals surface area contributed by atoms with Crippen LogP contribution in [0.3, 0.4) is 0 Å². The molecule has 0 saturated carbocycles. The summed E-state index contributed by atoms with van der Waals surface area (Å²) in [7, 11) is 0. The van der Waals surface area contributed by atoms with E-state index in [1.807, 2.05) is 38.1 Å². The Morgan fingerprint density at radius 1 is 1.32 bits per heavy atom. The highest BCUT2D eigenvalue weighted by atomic mass is 35.5. The third-order valence-electron chi connectivity index (χ3n) is 2.84. The van der Waals surface area contributed by atoms with Crippen molar-refractivity contribution in [3.05, 3.63) is 50.4 Å². The number of halogens is 1. The summed E-state index contributed by atoms with van der Waals surface area (Å²) in [5, 5.41) is 4.14. The molecule has 1 aromatic carbocycles. The quantitative estimate of drug-likeness (QED) is 0.939. The number of carbonyl (C=O) groups excluding carboxylic acids is 1. The molecular weight excluding hydrogens is 280 g/mol. The summed E-state index contributed by atoms with van der Waals surface area (Å²) >= 11 is 7.25. The fourth-order valence-corrected chi connectivity index (χ4v) is 2.57. The summed E-state index contributed by atoms with van der Waals surface area (Å²) in [4.78, 5) is 17.2. The number of aryl methyl sites for hydroxylation is 2. The lowest BCUT2D eigenvalue weighted by molar-refractivity contribution is 0.0953. The van der Waals surface area contributed by atoms with Gasteiger partial charge >= 0.3 is 0 Å². The molecule has 0 bridgehead atoms. The lowest BCUT2D eigenvalue weighted by Crippen LogP contribution is -2.25. The SMILES string of the molecule is Cc1nc(C(=O)NCCc2ccc(Cl)cc2)sc1C. The minimum atomic E-state index is -0.102. The summed E-state index contributed by atoms with van der Waals surface area (Å²) in [5.41, 5.74) is 2.07. The molecule has 0 aliphatic heterocycles. The summed E-state index contributed by atoms with van der Waals surface area (Å²) < 4.78 is 0. The van der Waals surface area contributed by atoms with E-state index in [1.165, 1.54) is 11.3 Å². The average molecular weight is 295 g/mol. The molecule has 0 aliphatic rings. The fourth-order valence-electron chi connectivity index (χ4n) is 1.62. The van der Waals surface area contributed by atoms with Crippen molar-refractivity contribution in [3.63, 3.8) is 0 Å². The Bertz CT molecular complexity index is 558. The Kier molecular flexibility index (Phi) is 4.56. The molecule has 1 N–H and O–H groups in total. The first-order chi connectivity index (χ1) is 9.06. The molecule has 1 heterocycles. The summed E-state index contributed by atoms with van der Waals surface area (Å²) in [6, 6.07) is 7.64. The van der Waals surface area contributed by atoms with Gasteiger partial charge in [0.2, 0.25) is 0 Å². The highest BCUT2D eigenvalue weighted by Crippen LogP contribution is 2.16. The van der Waals surface area contributed by atoms with Crippen molar-refractivity contribution in [2.75, 3.05) is 6.54 Å². The van der Waals surface area contributed by atoms with E-state index in [4.69, 9.17) is 11.6 Å². The van der Waals surface area contributed by atoms with Crippen LogP contribution in [0.5, 0.6) is 0 Å². The lowest BCUT2D eigenvalue weighted by atomic mass is 10.1. The Morgan fingerprint density at radius 2 is 2.00 bits per heavy atom. The molecule has 2 rings (SSSR count). The zero-order valence-corrected chi connectivity index (χ0v) is 12.4. The van der Waals surface area contributed by atoms with Crippen molar-refractivity contribution in [3.8, 4) is 0 Å². The van der Waals surface area contributed by atoms with Crippen LogP contribution in [0.15, 0.2) is 24.3 Å². The number of nitrogens with one attached hydrogen (secondary N) is 1. The van der Waals surface area contributed by atoms with E-state index in [0.29, 0.717) is 11.6 Å². The topological polar surface area (TPSA) is 42.0 Å². The first-order valence-corrected chi connectivity index (χ1v) is 7.22. The van der Waals surface area contributed by atoms with Gasteiger partial charge in [-0.2, -0.15) is 0 Å². The minimum absolute atomic E-state index is 0.102. The second-order valence-electron chi connectivity index (χ2n) is 4.29. The molecule has 3 nitrogen and oxygen atoms in total. The highest BCUT2D eigenvalue weighted by Gasteiger charge is 2.11. The van der Waals surface area contributed by atoms with Crippen LogP contribution >= 0.6 is 22.9 Å². The molecule has 0 saturated heterocycles. The van der Waals surface area contributed by atoms with Gasteiger partial charge in [-0.05, 0) is 38.0 Å². The summed E-state index contributed by atoms with van der Waals surface area (Å²) in [6.45, 7) is 4.48. The highest BCUT2D eigenvalue weighted by molar-refractivity contribution is 7.13. The number of rotatable bonds is 4. The van der Waals surface area contributed by atoms with Crippen LogP contribution in [0.2, 0.25) is 5.02 Å². The van der Waals surface area contributed by atoms with Crippen molar-refractivity contribution in [2.24, 2.45) is 0 Å². The van der Waals surface area contributed by atoms with Gasteiger partial charge in [0, 0.05) is 16.4 Å².